The van der Waals surface area contributed by atoms with Crippen molar-refractivity contribution in [3.05, 3.63) is 82.5 Å². The minimum absolute atomic E-state index is 0.286. The number of methoxy groups -OCH3 is 1. The lowest BCUT2D eigenvalue weighted by Gasteiger charge is -2.09. The van der Waals surface area contributed by atoms with Crippen molar-refractivity contribution >= 4 is 45.6 Å². The number of hydrogen-bond donors (Lipinski definition) is 2. The van der Waals surface area contributed by atoms with E-state index in [1.807, 2.05) is 37.3 Å². The van der Waals surface area contributed by atoms with Gasteiger partial charge in [0.25, 0.3) is 0 Å². The lowest BCUT2D eigenvalue weighted by atomic mass is 10.0. The predicted octanol–water partition coefficient (Wildman–Crippen LogP) is 5.27. The molecule has 168 valence electrons. The average Bonchev–Trinajstić information content (AvgIpc) is 3.38. The molecule has 2 heterocycles. The largest absolute Gasteiger partial charge is 0.465 e. The zero-order valence-electron chi connectivity index (χ0n) is 18.5. The highest BCUT2D eigenvalue weighted by molar-refractivity contribution is 7.80. The molecule has 0 saturated heterocycles. The van der Waals surface area contributed by atoms with Crippen molar-refractivity contribution < 1.29 is 9.53 Å². The lowest BCUT2D eigenvalue weighted by molar-refractivity contribution is 0.0603. The third kappa shape index (κ3) is 5.27. The number of thiophene rings is 1. The van der Waals surface area contributed by atoms with Gasteiger partial charge >= 0.3 is 5.97 Å². The Bertz CT molecular complexity index is 1280. The van der Waals surface area contributed by atoms with Crippen molar-refractivity contribution in [2.24, 2.45) is 0 Å². The summed E-state index contributed by atoms with van der Waals surface area (Å²) < 4.78 is 6.79. The van der Waals surface area contributed by atoms with Crippen LogP contribution in [0.5, 0.6) is 0 Å². The van der Waals surface area contributed by atoms with E-state index < -0.39 is 5.97 Å². The van der Waals surface area contributed by atoms with E-state index in [0.717, 1.165) is 21.6 Å². The average molecular weight is 478 g/mol. The van der Waals surface area contributed by atoms with Crippen LogP contribution in [-0.2, 0) is 11.3 Å². The van der Waals surface area contributed by atoms with E-state index in [1.165, 1.54) is 24.0 Å². The molecule has 2 aromatic carbocycles. The van der Waals surface area contributed by atoms with E-state index in [1.54, 1.807) is 11.0 Å². The minimum Gasteiger partial charge on any atom is -0.465 e. The van der Waals surface area contributed by atoms with Crippen molar-refractivity contribution in [2.45, 2.75) is 20.4 Å². The highest BCUT2D eigenvalue weighted by Crippen LogP contribution is 2.40. The van der Waals surface area contributed by atoms with Gasteiger partial charge in [0.2, 0.25) is 5.95 Å². The van der Waals surface area contributed by atoms with E-state index in [-0.39, 0.29) is 5.11 Å². The topological polar surface area (TPSA) is 81.1 Å². The van der Waals surface area contributed by atoms with Gasteiger partial charge in [-0.25, -0.2) is 14.5 Å². The number of carbonyl (C=O) groups excluding carboxylic acids is 1. The normalized spacial score (nSPS) is 10.6. The number of aryl methyl sites for hydroxylation is 2. The molecule has 0 aliphatic rings. The van der Waals surface area contributed by atoms with Gasteiger partial charge in [0.15, 0.2) is 5.11 Å². The maximum absolute atomic E-state index is 12.6. The molecular weight excluding hydrogens is 454 g/mol. The van der Waals surface area contributed by atoms with Crippen molar-refractivity contribution in [1.29, 1.82) is 0 Å². The number of anilines is 2. The van der Waals surface area contributed by atoms with Gasteiger partial charge in [-0.15, -0.1) is 16.4 Å². The molecule has 0 aliphatic heterocycles. The van der Waals surface area contributed by atoms with Crippen LogP contribution < -0.4 is 10.6 Å². The second kappa shape index (κ2) is 9.93. The summed E-state index contributed by atoms with van der Waals surface area (Å²) in [6.07, 6.45) is 1.65. The Balaban J connectivity index is 1.50. The van der Waals surface area contributed by atoms with E-state index in [0.29, 0.717) is 23.1 Å². The molecule has 0 atom stereocenters. The molecule has 2 aromatic heterocycles. The van der Waals surface area contributed by atoms with Crippen LogP contribution >= 0.6 is 23.6 Å². The standard InChI is InChI=1S/C24H23N5O2S2/c1-15-9-11-17(12-10-15)13-29-14-25-23(28-29)27-24(32)26-21-20(22(30)31-3)19(16(2)33-21)18-7-5-4-6-8-18/h4-12,14H,13H2,1-3H3,(H2,26,27,28,32). The number of rotatable bonds is 6. The second-order valence-electron chi connectivity index (χ2n) is 7.43. The van der Waals surface area contributed by atoms with Gasteiger partial charge in [-0.1, -0.05) is 60.2 Å². The number of esters is 1. The number of nitrogens with one attached hydrogen (secondary N) is 2. The van der Waals surface area contributed by atoms with Crippen LogP contribution in [0.4, 0.5) is 10.9 Å². The Morgan fingerprint density at radius 1 is 1.09 bits per heavy atom. The van der Waals surface area contributed by atoms with Crippen LogP contribution in [-0.4, -0.2) is 33.0 Å². The zero-order chi connectivity index (χ0) is 23.4. The van der Waals surface area contributed by atoms with Gasteiger partial charge in [-0.2, -0.15) is 0 Å². The SMILES string of the molecule is COC(=O)c1c(NC(=S)Nc2ncn(Cc3ccc(C)cc3)n2)sc(C)c1-c1ccccc1. The first-order valence-electron chi connectivity index (χ1n) is 10.2. The Labute approximate surface area is 201 Å². The smallest absolute Gasteiger partial charge is 0.341 e. The monoisotopic (exact) mass is 477 g/mol. The molecule has 0 aliphatic carbocycles. The number of aromatic nitrogens is 3. The molecule has 0 spiro atoms. The third-order valence-corrected chi connectivity index (χ3v) is 6.22. The Kier molecular flexibility index (Phi) is 6.81. The summed E-state index contributed by atoms with van der Waals surface area (Å²) in [6, 6.07) is 18.0. The van der Waals surface area contributed by atoms with E-state index in [4.69, 9.17) is 17.0 Å². The van der Waals surface area contributed by atoms with Crippen LogP contribution in [0.2, 0.25) is 0 Å². The fourth-order valence-electron chi connectivity index (χ4n) is 3.43. The molecule has 4 rings (SSSR count). The number of hydrogen-bond acceptors (Lipinski definition) is 6. The minimum atomic E-state index is -0.427. The number of ether oxygens (including phenoxy) is 1. The summed E-state index contributed by atoms with van der Waals surface area (Å²) >= 11 is 6.91. The molecule has 7 nitrogen and oxygen atoms in total. The Hall–Kier alpha value is -3.56. The van der Waals surface area contributed by atoms with E-state index in [2.05, 4.69) is 51.9 Å². The van der Waals surface area contributed by atoms with Gasteiger partial charge < -0.3 is 10.1 Å². The lowest BCUT2D eigenvalue weighted by Crippen LogP contribution is -2.21. The van der Waals surface area contributed by atoms with Gasteiger partial charge in [-0.3, -0.25) is 5.32 Å². The molecule has 0 radical (unpaired) electrons. The summed E-state index contributed by atoms with van der Waals surface area (Å²) in [4.78, 5) is 17.9. The molecule has 0 saturated carbocycles. The van der Waals surface area contributed by atoms with Crippen LogP contribution in [0.15, 0.2) is 60.9 Å². The molecule has 0 fully saturated rings. The molecular formula is C24H23N5O2S2. The predicted molar refractivity (Wildman–Crippen MR) is 136 cm³/mol. The van der Waals surface area contributed by atoms with Gasteiger partial charge in [0.1, 0.15) is 16.9 Å². The summed E-state index contributed by atoms with van der Waals surface area (Å²) in [5, 5.41) is 11.4. The van der Waals surface area contributed by atoms with Gasteiger partial charge in [-0.05, 0) is 37.2 Å². The van der Waals surface area contributed by atoms with Crippen LogP contribution in [0.1, 0.15) is 26.4 Å². The van der Waals surface area contributed by atoms with Crippen molar-refractivity contribution in [3.63, 3.8) is 0 Å². The van der Waals surface area contributed by atoms with Crippen LogP contribution in [0, 0.1) is 13.8 Å². The summed E-state index contributed by atoms with van der Waals surface area (Å²) in [6.45, 7) is 4.63. The van der Waals surface area contributed by atoms with Crippen LogP contribution in [0.25, 0.3) is 11.1 Å². The molecule has 9 heteroatoms. The fraction of sp³-hybridized carbons (Fsp3) is 0.167. The summed E-state index contributed by atoms with van der Waals surface area (Å²) in [5.41, 5.74) is 4.56. The highest BCUT2D eigenvalue weighted by Gasteiger charge is 2.24. The first-order valence-corrected chi connectivity index (χ1v) is 11.5. The Morgan fingerprint density at radius 2 is 1.82 bits per heavy atom. The van der Waals surface area contributed by atoms with Crippen molar-refractivity contribution in [2.75, 3.05) is 17.7 Å². The molecule has 0 bridgehead atoms. The molecule has 0 amide bonds. The number of benzene rings is 2. The number of carbonyl (C=O) groups is 1. The van der Waals surface area contributed by atoms with Crippen LogP contribution in [0.3, 0.4) is 0 Å². The third-order valence-electron chi connectivity index (χ3n) is 4.99. The molecule has 2 N–H and O–H groups in total. The summed E-state index contributed by atoms with van der Waals surface area (Å²) in [7, 11) is 1.37. The first-order chi connectivity index (χ1) is 15.9. The zero-order valence-corrected chi connectivity index (χ0v) is 20.1. The molecule has 0 unspecified atom stereocenters. The quantitative estimate of drug-likeness (QED) is 0.289. The molecule has 4 aromatic rings. The van der Waals surface area contributed by atoms with Crippen molar-refractivity contribution in [3.8, 4) is 11.1 Å². The van der Waals surface area contributed by atoms with E-state index >= 15 is 0 Å². The van der Waals surface area contributed by atoms with E-state index in [9.17, 15) is 4.79 Å². The summed E-state index contributed by atoms with van der Waals surface area (Å²) in [5.74, 6) is -0.0557. The second-order valence-corrected chi connectivity index (χ2v) is 9.06. The van der Waals surface area contributed by atoms with Gasteiger partial charge in [0.05, 0.1) is 13.7 Å². The first kappa shape index (κ1) is 22.6. The van der Waals surface area contributed by atoms with Gasteiger partial charge in [0, 0.05) is 10.4 Å². The maximum Gasteiger partial charge on any atom is 0.341 e. The molecule has 33 heavy (non-hydrogen) atoms. The Morgan fingerprint density at radius 3 is 2.52 bits per heavy atom. The number of nitrogens with zero attached hydrogens (tertiary/aromatic N) is 3. The fourth-order valence-corrected chi connectivity index (χ4v) is 4.75. The van der Waals surface area contributed by atoms with Crippen molar-refractivity contribution in [1.82, 2.24) is 14.8 Å². The highest BCUT2D eigenvalue weighted by atomic mass is 32.1. The maximum atomic E-state index is 12.6. The number of thiocarbonyl (C=S) groups is 1.